The summed E-state index contributed by atoms with van der Waals surface area (Å²) in [7, 11) is -3.91. The molecule has 0 bridgehead atoms. The van der Waals surface area contributed by atoms with Gasteiger partial charge in [-0.15, -0.1) is 0 Å². The van der Waals surface area contributed by atoms with Crippen LogP contribution in [0.2, 0.25) is 0 Å². The Bertz CT molecular complexity index is 924. The maximum atomic E-state index is 12.3. The molecule has 0 atom stereocenters. The molecule has 1 aliphatic rings. The Hall–Kier alpha value is -3.14. The van der Waals surface area contributed by atoms with Crippen LogP contribution in [-0.2, 0) is 10.0 Å². The van der Waals surface area contributed by atoms with Crippen LogP contribution >= 0.6 is 0 Å². The minimum atomic E-state index is -3.91. The summed E-state index contributed by atoms with van der Waals surface area (Å²) < 4.78 is 26.6. The number of nitro groups is 1. The number of nitro benzene ring substituents is 1. The number of nitrogens with zero attached hydrogens (tertiary/aromatic N) is 3. The van der Waals surface area contributed by atoms with Crippen LogP contribution in [0.25, 0.3) is 0 Å². The van der Waals surface area contributed by atoms with Gasteiger partial charge in [0, 0.05) is 44.0 Å². The van der Waals surface area contributed by atoms with E-state index in [2.05, 4.69) is 4.72 Å². The number of benzene rings is 2. The number of hydrogen-bond donors (Lipinski definition) is 1. The molecule has 1 N–H and O–H groups in total. The van der Waals surface area contributed by atoms with Gasteiger partial charge in [-0.3, -0.25) is 10.1 Å². The molecule has 2 amide bonds. The highest BCUT2D eigenvalue weighted by atomic mass is 32.2. The Balaban J connectivity index is 1.58. The molecule has 0 unspecified atom stereocenters. The number of sulfonamides is 1. The lowest BCUT2D eigenvalue weighted by Gasteiger charge is -2.35. The van der Waals surface area contributed by atoms with Crippen molar-refractivity contribution in [2.24, 2.45) is 0 Å². The first-order valence-electron chi connectivity index (χ1n) is 8.23. The second-order valence-corrected chi connectivity index (χ2v) is 7.65. The third-order valence-electron chi connectivity index (χ3n) is 4.27. The van der Waals surface area contributed by atoms with Crippen molar-refractivity contribution in [2.45, 2.75) is 4.90 Å². The number of carbonyl (C=O) groups is 1. The Labute approximate surface area is 156 Å². The molecule has 142 valence electrons. The van der Waals surface area contributed by atoms with Crippen molar-refractivity contribution in [3.63, 3.8) is 0 Å². The molecule has 0 saturated carbocycles. The van der Waals surface area contributed by atoms with Crippen molar-refractivity contribution in [1.82, 2.24) is 9.62 Å². The number of urea groups is 1. The fourth-order valence-corrected chi connectivity index (χ4v) is 3.78. The largest absolute Gasteiger partial charge is 0.368 e. The summed E-state index contributed by atoms with van der Waals surface area (Å²) in [5.41, 5.74) is 0.834. The van der Waals surface area contributed by atoms with E-state index in [0.717, 1.165) is 5.69 Å². The predicted octanol–water partition coefficient (Wildman–Crippen LogP) is 1.82. The molecular weight excluding hydrogens is 372 g/mol. The fraction of sp³-hybridized carbons (Fsp3) is 0.235. The molecule has 27 heavy (non-hydrogen) atoms. The smallest absolute Gasteiger partial charge is 0.331 e. The van der Waals surface area contributed by atoms with Crippen LogP contribution in [0.3, 0.4) is 0 Å². The van der Waals surface area contributed by atoms with E-state index in [9.17, 15) is 23.3 Å². The summed E-state index contributed by atoms with van der Waals surface area (Å²) >= 11 is 0. The molecular formula is C17H18N4O5S. The van der Waals surface area contributed by atoms with Gasteiger partial charge in [0.15, 0.2) is 0 Å². The number of rotatable bonds is 4. The van der Waals surface area contributed by atoms with Crippen LogP contribution in [0.1, 0.15) is 0 Å². The number of piperazine rings is 1. The van der Waals surface area contributed by atoms with Gasteiger partial charge in [0.1, 0.15) is 0 Å². The highest BCUT2D eigenvalue weighted by Crippen LogP contribution is 2.20. The molecule has 9 nitrogen and oxygen atoms in total. The fourth-order valence-electron chi connectivity index (χ4n) is 2.79. The van der Waals surface area contributed by atoms with Gasteiger partial charge in [0.2, 0.25) is 0 Å². The molecule has 0 aromatic heterocycles. The maximum Gasteiger partial charge on any atom is 0.331 e. The van der Waals surface area contributed by atoms with Gasteiger partial charge in [-0.2, -0.15) is 0 Å². The molecule has 10 heteroatoms. The zero-order valence-corrected chi connectivity index (χ0v) is 15.1. The topological polar surface area (TPSA) is 113 Å². The van der Waals surface area contributed by atoms with Crippen LogP contribution in [0.4, 0.5) is 16.2 Å². The summed E-state index contributed by atoms with van der Waals surface area (Å²) in [6.07, 6.45) is 0. The van der Waals surface area contributed by atoms with Crippen LogP contribution in [0.15, 0.2) is 59.5 Å². The van der Waals surface area contributed by atoms with Gasteiger partial charge in [-0.25, -0.2) is 17.9 Å². The highest BCUT2D eigenvalue weighted by Gasteiger charge is 2.25. The zero-order valence-electron chi connectivity index (χ0n) is 14.3. The van der Waals surface area contributed by atoms with E-state index in [-0.39, 0.29) is 10.6 Å². The van der Waals surface area contributed by atoms with Gasteiger partial charge in [0.25, 0.3) is 15.7 Å². The minimum absolute atomic E-state index is 0.0166. The van der Waals surface area contributed by atoms with Crippen molar-refractivity contribution in [3.8, 4) is 0 Å². The van der Waals surface area contributed by atoms with Crippen LogP contribution in [0.5, 0.6) is 0 Å². The van der Waals surface area contributed by atoms with Crippen LogP contribution in [0, 0.1) is 10.1 Å². The van der Waals surface area contributed by atoms with E-state index in [1.807, 2.05) is 4.90 Å². The lowest BCUT2D eigenvalue weighted by molar-refractivity contribution is -0.384. The standard InChI is InChI=1S/C17H18N4O5S/c22-17(18-27(25,26)16-4-2-1-3-5-16)20-12-10-19(11-13-20)14-6-8-15(9-7-14)21(23)24/h1-9H,10-13H2,(H,18,22). The first-order valence-corrected chi connectivity index (χ1v) is 9.71. The summed E-state index contributed by atoms with van der Waals surface area (Å²) in [4.78, 5) is 26.0. The molecule has 1 aliphatic heterocycles. The van der Waals surface area contributed by atoms with E-state index in [1.54, 1.807) is 30.3 Å². The number of nitrogens with one attached hydrogen (secondary N) is 1. The Morgan fingerprint density at radius 3 is 2.11 bits per heavy atom. The van der Waals surface area contributed by atoms with Gasteiger partial charge in [-0.05, 0) is 24.3 Å². The van der Waals surface area contributed by atoms with Crippen molar-refractivity contribution < 1.29 is 18.1 Å². The van der Waals surface area contributed by atoms with Gasteiger partial charge in [-0.1, -0.05) is 18.2 Å². The third-order valence-corrected chi connectivity index (χ3v) is 5.60. The van der Waals surface area contributed by atoms with E-state index >= 15 is 0 Å². The van der Waals surface area contributed by atoms with E-state index < -0.39 is 21.0 Å². The van der Waals surface area contributed by atoms with E-state index in [1.165, 1.54) is 29.2 Å². The summed E-state index contributed by atoms with van der Waals surface area (Å²) in [5.74, 6) is 0. The van der Waals surface area contributed by atoms with Crippen molar-refractivity contribution in [1.29, 1.82) is 0 Å². The monoisotopic (exact) mass is 390 g/mol. The molecule has 2 aromatic carbocycles. The normalized spacial score (nSPS) is 14.7. The number of carbonyl (C=O) groups excluding carboxylic acids is 1. The molecule has 0 spiro atoms. The Kier molecular flexibility index (Phi) is 5.26. The number of hydrogen-bond acceptors (Lipinski definition) is 6. The average molecular weight is 390 g/mol. The van der Waals surface area contributed by atoms with Gasteiger partial charge >= 0.3 is 6.03 Å². The first kappa shape index (κ1) is 18.6. The molecule has 1 fully saturated rings. The van der Waals surface area contributed by atoms with E-state index in [4.69, 9.17) is 0 Å². The summed E-state index contributed by atoms with van der Waals surface area (Å²) in [6, 6.07) is 13.2. The van der Waals surface area contributed by atoms with E-state index in [0.29, 0.717) is 26.2 Å². The minimum Gasteiger partial charge on any atom is -0.368 e. The first-order chi connectivity index (χ1) is 12.9. The second kappa shape index (κ2) is 7.62. The van der Waals surface area contributed by atoms with Crippen LogP contribution < -0.4 is 9.62 Å². The molecule has 3 rings (SSSR count). The lowest BCUT2D eigenvalue weighted by atomic mass is 10.2. The molecule has 0 aliphatic carbocycles. The average Bonchev–Trinajstić information content (AvgIpc) is 2.68. The van der Waals surface area contributed by atoms with Crippen molar-refractivity contribution >= 4 is 27.4 Å². The highest BCUT2D eigenvalue weighted by molar-refractivity contribution is 7.90. The van der Waals surface area contributed by atoms with Crippen molar-refractivity contribution in [2.75, 3.05) is 31.1 Å². The van der Waals surface area contributed by atoms with Gasteiger partial charge in [0.05, 0.1) is 9.82 Å². The molecule has 1 heterocycles. The third kappa shape index (κ3) is 4.34. The predicted molar refractivity (Wildman–Crippen MR) is 99.0 cm³/mol. The Morgan fingerprint density at radius 2 is 1.56 bits per heavy atom. The lowest BCUT2D eigenvalue weighted by Crippen LogP contribution is -2.52. The number of non-ortho nitro benzene ring substituents is 1. The quantitative estimate of drug-likeness (QED) is 0.629. The van der Waals surface area contributed by atoms with Gasteiger partial charge < -0.3 is 9.80 Å². The maximum absolute atomic E-state index is 12.3. The summed E-state index contributed by atoms with van der Waals surface area (Å²) in [5, 5.41) is 10.7. The Morgan fingerprint density at radius 1 is 0.963 bits per heavy atom. The molecule has 1 saturated heterocycles. The molecule has 2 aromatic rings. The number of anilines is 1. The number of amides is 2. The molecule has 0 radical (unpaired) electrons. The van der Waals surface area contributed by atoms with Crippen LogP contribution in [-0.4, -0.2) is 50.5 Å². The second-order valence-electron chi connectivity index (χ2n) is 5.97. The SMILES string of the molecule is O=C(NS(=O)(=O)c1ccccc1)N1CCN(c2ccc([N+](=O)[O-])cc2)CC1. The van der Waals surface area contributed by atoms with Crippen molar-refractivity contribution in [3.05, 3.63) is 64.7 Å². The summed E-state index contributed by atoms with van der Waals surface area (Å²) in [6.45, 7) is 1.67. The zero-order chi connectivity index (χ0) is 19.4.